The van der Waals surface area contributed by atoms with Crippen molar-refractivity contribution in [1.82, 2.24) is 0 Å². The molecule has 128 valence electrons. The van der Waals surface area contributed by atoms with Crippen molar-refractivity contribution in [1.29, 1.82) is 0 Å². The lowest BCUT2D eigenvalue weighted by molar-refractivity contribution is -0.391. The maximum Gasteiger partial charge on any atom is 0.507 e. The maximum absolute atomic E-state index is 13.4. The van der Waals surface area contributed by atoms with E-state index in [1.165, 1.54) is 13.2 Å². The van der Waals surface area contributed by atoms with Gasteiger partial charge < -0.3 is 24.7 Å². The summed E-state index contributed by atoms with van der Waals surface area (Å²) in [6.45, 7) is 0. The Morgan fingerprint density at radius 2 is 1.83 bits per heavy atom. The van der Waals surface area contributed by atoms with Crippen molar-refractivity contribution in [2.45, 2.75) is 24.7 Å². The number of carbonyl (C=O) groups is 1. The van der Waals surface area contributed by atoms with Crippen molar-refractivity contribution in [3.05, 3.63) is 17.7 Å². The standard InChI is InChI=1S/C13H13F4NO5/c1-20-8-3-4-9-10(6(8)5-7(18)11(19)21-2)23-13(16,17)12(14,15)22-9/h3-4,7H,5,18H2,1-2H3. The molecule has 1 aliphatic heterocycles. The summed E-state index contributed by atoms with van der Waals surface area (Å²) in [4.78, 5) is 11.4. The molecule has 0 aliphatic carbocycles. The Bertz CT molecular complexity index is 623. The van der Waals surface area contributed by atoms with Crippen LogP contribution < -0.4 is 19.9 Å². The molecule has 1 aliphatic rings. The van der Waals surface area contributed by atoms with E-state index >= 15 is 0 Å². The Morgan fingerprint density at radius 3 is 2.39 bits per heavy atom. The zero-order valence-electron chi connectivity index (χ0n) is 12.1. The SMILES string of the molecule is COC(=O)C(N)Cc1c(OC)ccc2c1OC(F)(F)C(F)(F)O2. The molecule has 2 rings (SSSR count). The van der Waals surface area contributed by atoms with Gasteiger partial charge in [-0.1, -0.05) is 0 Å². The largest absolute Gasteiger partial charge is 0.507 e. The van der Waals surface area contributed by atoms with Crippen LogP contribution in [0.1, 0.15) is 5.56 Å². The smallest absolute Gasteiger partial charge is 0.496 e. The highest BCUT2D eigenvalue weighted by Gasteiger charge is 2.66. The normalized spacial score (nSPS) is 18.9. The molecule has 0 amide bonds. The topological polar surface area (TPSA) is 80.0 Å². The molecule has 0 saturated carbocycles. The Kier molecular flexibility index (Phi) is 4.29. The molecular weight excluding hydrogens is 326 g/mol. The van der Waals surface area contributed by atoms with E-state index in [9.17, 15) is 22.4 Å². The van der Waals surface area contributed by atoms with Gasteiger partial charge >= 0.3 is 18.2 Å². The third kappa shape index (κ3) is 2.98. The molecule has 23 heavy (non-hydrogen) atoms. The lowest BCUT2D eigenvalue weighted by Gasteiger charge is -2.33. The summed E-state index contributed by atoms with van der Waals surface area (Å²) in [5, 5.41) is 0. The zero-order valence-corrected chi connectivity index (χ0v) is 12.1. The fourth-order valence-electron chi connectivity index (χ4n) is 2.00. The Balaban J connectivity index is 2.48. The molecule has 1 heterocycles. The van der Waals surface area contributed by atoms with Gasteiger partial charge in [0.05, 0.1) is 14.2 Å². The molecule has 0 aromatic heterocycles. The van der Waals surface area contributed by atoms with Gasteiger partial charge in [-0.2, -0.15) is 17.6 Å². The summed E-state index contributed by atoms with van der Waals surface area (Å²) in [6.07, 6.45) is -10.1. The first-order chi connectivity index (χ1) is 10.6. The van der Waals surface area contributed by atoms with Crippen LogP contribution in [0.25, 0.3) is 0 Å². The molecule has 1 aromatic rings. The fraction of sp³-hybridized carbons (Fsp3) is 0.462. The molecule has 1 atom stereocenters. The molecule has 0 spiro atoms. The molecular formula is C13H13F4NO5. The van der Waals surface area contributed by atoms with Crippen molar-refractivity contribution in [3.8, 4) is 17.2 Å². The molecule has 1 unspecified atom stereocenters. The van der Waals surface area contributed by atoms with Gasteiger partial charge in [-0.3, -0.25) is 4.79 Å². The van der Waals surface area contributed by atoms with Gasteiger partial charge in [-0.15, -0.1) is 0 Å². The number of benzene rings is 1. The van der Waals surface area contributed by atoms with Crippen LogP contribution in [-0.4, -0.2) is 38.4 Å². The van der Waals surface area contributed by atoms with E-state index in [0.29, 0.717) is 0 Å². The first kappa shape index (κ1) is 17.1. The second-order valence-corrected chi connectivity index (χ2v) is 4.65. The van der Waals surface area contributed by atoms with E-state index in [2.05, 4.69) is 14.2 Å². The van der Waals surface area contributed by atoms with Crippen molar-refractivity contribution in [3.63, 3.8) is 0 Å². The highest BCUT2D eigenvalue weighted by Crippen LogP contribution is 2.50. The summed E-state index contributed by atoms with van der Waals surface area (Å²) in [5.41, 5.74) is 5.46. The molecule has 0 saturated heterocycles. The number of carbonyl (C=O) groups excluding carboxylic acids is 1. The number of ether oxygens (including phenoxy) is 4. The molecule has 6 nitrogen and oxygen atoms in total. The minimum absolute atomic E-state index is 0.0210. The Labute approximate surface area is 128 Å². The third-order valence-corrected chi connectivity index (χ3v) is 3.14. The number of esters is 1. The van der Waals surface area contributed by atoms with Crippen LogP contribution in [0.15, 0.2) is 12.1 Å². The van der Waals surface area contributed by atoms with Crippen LogP contribution in [0.2, 0.25) is 0 Å². The Morgan fingerprint density at radius 1 is 1.22 bits per heavy atom. The van der Waals surface area contributed by atoms with Gasteiger partial charge in [-0.25, -0.2) is 0 Å². The van der Waals surface area contributed by atoms with Gasteiger partial charge in [0.25, 0.3) is 0 Å². The van der Waals surface area contributed by atoms with Crippen molar-refractivity contribution in [2.75, 3.05) is 14.2 Å². The number of methoxy groups -OCH3 is 2. The quantitative estimate of drug-likeness (QED) is 0.664. The predicted molar refractivity (Wildman–Crippen MR) is 67.8 cm³/mol. The van der Waals surface area contributed by atoms with E-state index in [0.717, 1.165) is 13.2 Å². The minimum atomic E-state index is -4.89. The first-order valence-corrected chi connectivity index (χ1v) is 6.30. The summed E-state index contributed by atoms with van der Waals surface area (Å²) in [5.74, 6) is -2.08. The molecule has 2 N–H and O–H groups in total. The summed E-state index contributed by atoms with van der Waals surface area (Å²) in [7, 11) is 2.32. The predicted octanol–water partition coefficient (Wildman–Crippen LogP) is 1.69. The first-order valence-electron chi connectivity index (χ1n) is 6.30. The molecule has 1 aromatic carbocycles. The van der Waals surface area contributed by atoms with E-state index in [-0.39, 0.29) is 17.7 Å². The van der Waals surface area contributed by atoms with Crippen LogP contribution in [0.3, 0.4) is 0 Å². The highest BCUT2D eigenvalue weighted by molar-refractivity contribution is 5.76. The average molecular weight is 339 g/mol. The van der Waals surface area contributed by atoms with Crippen molar-refractivity contribution in [2.24, 2.45) is 5.73 Å². The fourth-order valence-corrected chi connectivity index (χ4v) is 2.00. The highest BCUT2D eigenvalue weighted by atomic mass is 19.3. The summed E-state index contributed by atoms with van der Waals surface area (Å²) >= 11 is 0. The second-order valence-electron chi connectivity index (χ2n) is 4.65. The Hall–Kier alpha value is -2.23. The number of hydrogen-bond donors (Lipinski definition) is 1. The maximum atomic E-state index is 13.4. The lowest BCUT2D eigenvalue weighted by Crippen LogP contribution is -2.52. The molecule has 10 heteroatoms. The molecule has 0 radical (unpaired) electrons. The van der Waals surface area contributed by atoms with Crippen LogP contribution in [0.4, 0.5) is 17.6 Å². The van der Waals surface area contributed by atoms with Crippen LogP contribution in [0.5, 0.6) is 17.2 Å². The number of nitrogens with two attached hydrogens (primary N) is 1. The number of rotatable bonds is 4. The van der Waals surface area contributed by atoms with Gasteiger partial charge in [0.1, 0.15) is 11.8 Å². The summed E-state index contributed by atoms with van der Waals surface area (Å²) < 4.78 is 70.7. The summed E-state index contributed by atoms with van der Waals surface area (Å²) in [6, 6.07) is 0.964. The van der Waals surface area contributed by atoms with Gasteiger partial charge in [0.15, 0.2) is 11.5 Å². The number of hydrogen-bond acceptors (Lipinski definition) is 6. The minimum Gasteiger partial charge on any atom is -0.496 e. The van der Waals surface area contributed by atoms with Crippen molar-refractivity contribution >= 4 is 5.97 Å². The lowest BCUT2D eigenvalue weighted by atomic mass is 10.0. The van der Waals surface area contributed by atoms with Gasteiger partial charge in [0, 0.05) is 12.0 Å². The number of halogens is 4. The van der Waals surface area contributed by atoms with Gasteiger partial charge in [-0.05, 0) is 12.1 Å². The van der Waals surface area contributed by atoms with Crippen molar-refractivity contribution < 1.29 is 41.3 Å². The molecule has 0 fully saturated rings. The van der Waals surface area contributed by atoms with Gasteiger partial charge in [0.2, 0.25) is 0 Å². The number of fused-ring (bicyclic) bond motifs is 1. The van der Waals surface area contributed by atoms with E-state index in [1.54, 1.807) is 0 Å². The van der Waals surface area contributed by atoms with Crippen LogP contribution in [-0.2, 0) is 16.0 Å². The average Bonchev–Trinajstić information content (AvgIpc) is 2.48. The molecule has 0 bridgehead atoms. The monoisotopic (exact) mass is 339 g/mol. The zero-order chi connectivity index (χ0) is 17.4. The van der Waals surface area contributed by atoms with Crippen LogP contribution >= 0.6 is 0 Å². The van der Waals surface area contributed by atoms with Crippen LogP contribution in [0, 0.1) is 0 Å². The van der Waals surface area contributed by atoms with E-state index in [4.69, 9.17) is 10.5 Å². The van der Waals surface area contributed by atoms with E-state index < -0.39 is 35.7 Å². The van der Waals surface area contributed by atoms with E-state index in [1.807, 2.05) is 0 Å². The second kappa shape index (κ2) is 5.76. The number of alkyl halides is 4. The third-order valence-electron chi connectivity index (χ3n) is 3.14.